The normalized spacial score (nSPS) is 18.9. The molecule has 1 rings (SSSR count). The smallest absolute Gasteiger partial charge is 0.224 e. The van der Waals surface area contributed by atoms with E-state index >= 15 is 0 Å². The Morgan fingerprint density at radius 3 is 2.76 bits per heavy atom. The molecular formula is C12H25N3OS. The number of hydrogen-bond donors (Lipinski definition) is 2. The van der Waals surface area contributed by atoms with Crippen molar-refractivity contribution < 1.29 is 4.79 Å². The predicted molar refractivity (Wildman–Crippen MR) is 74.5 cm³/mol. The van der Waals surface area contributed by atoms with E-state index in [4.69, 9.17) is 0 Å². The quantitative estimate of drug-likeness (QED) is 0.694. The highest BCUT2D eigenvalue weighted by Crippen LogP contribution is 2.07. The highest BCUT2D eigenvalue weighted by Gasteiger charge is 2.13. The Labute approximate surface area is 109 Å². The fourth-order valence-corrected chi connectivity index (χ4v) is 2.77. The van der Waals surface area contributed by atoms with Gasteiger partial charge >= 0.3 is 0 Å². The summed E-state index contributed by atoms with van der Waals surface area (Å²) in [6, 6.07) is 0. The predicted octanol–water partition coefficient (Wildman–Crippen LogP) is 0.397. The number of carbonyl (C=O) groups excluding carboxylic acids is 1. The largest absolute Gasteiger partial charge is 0.355 e. The summed E-state index contributed by atoms with van der Waals surface area (Å²) >= 11 is 2.02. The second kappa shape index (κ2) is 8.78. The first kappa shape index (κ1) is 14.8. The Bertz CT molecular complexity index is 220. The summed E-state index contributed by atoms with van der Waals surface area (Å²) in [5, 5.41) is 6.21. The molecule has 100 valence electrons. The molecule has 0 saturated carbocycles. The molecule has 1 saturated heterocycles. The van der Waals surface area contributed by atoms with Crippen LogP contribution in [0, 0.1) is 5.92 Å². The molecule has 1 unspecified atom stereocenters. The van der Waals surface area contributed by atoms with Gasteiger partial charge in [0.05, 0.1) is 0 Å². The lowest BCUT2D eigenvalue weighted by Crippen LogP contribution is -2.41. The number of nitrogens with one attached hydrogen (secondary N) is 2. The van der Waals surface area contributed by atoms with E-state index in [9.17, 15) is 4.79 Å². The van der Waals surface area contributed by atoms with Crippen LogP contribution in [0.3, 0.4) is 0 Å². The van der Waals surface area contributed by atoms with Gasteiger partial charge in [-0.05, 0) is 6.54 Å². The van der Waals surface area contributed by atoms with Gasteiger partial charge < -0.3 is 10.6 Å². The summed E-state index contributed by atoms with van der Waals surface area (Å²) in [4.78, 5) is 14.1. The van der Waals surface area contributed by atoms with Gasteiger partial charge in [-0.3, -0.25) is 9.69 Å². The van der Waals surface area contributed by atoms with Gasteiger partial charge in [-0.2, -0.15) is 11.8 Å². The van der Waals surface area contributed by atoms with Crippen LogP contribution in [-0.4, -0.2) is 61.6 Å². The maximum absolute atomic E-state index is 11.7. The Hall–Kier alpha value is -0.260. The molecule has 2 N–H and O–H groups in total. The third kappa shape index (κ3) is 6.29. The van der Waals surface area contributed by atoms with Gasteiger partial charge in [0.25, 0.3) is 0 Å². The summed E-state index contributed by atoms with van der Waals surface area (Å²) in [5.41, 5.74) is 0. The molecule has 0 aromatic heterocycles. The number of nitrogens with zero attached hydrogens (tertiary/aromatic N) is 1. The van der Waals surface area contributed by atoms with Gasteiger partial charge in [0.2, 0.25) is 5.91 Å². The molecule has 1 aliphatic rings. The fourth-order valence-electron chi connectivity index (χ4n) is 1.79. The summed E-state index contributed by atoms with van der Waals surface area (Å²) in [5.74, 6) is 2.68. The van der Waals surface area contributed by atoms with Crippen LogP contribution in [0.25, 0.3) is 0 Å². The lowest BCUT2D eigenvalue weighted by molar-refractivity contribution is -0.124. The van der Waals surface area contributed by atoms with Crippen LogP contribution in [0.1, 0.15) is 13.8 Å². The monoisotopic (exact) mass is 259 g/mol. The first-order valence-electron chi connectivity index (χ1n) is 6.52. The Balaban J connectivity index is 2.06. The van der Waals surface area contributed by atoms with Crippen molar-refractivity contribution in [1.82, 2.24) is 15.5 Å². The summed E-state index contributed by atoms with van der Waals surface area (Å²) in [6.45, 7) is 9.79. The molecule has 17 heavy (non-hydrogen) atoms. The van der Waals surface area contributed by atoms with Gasteiger partial charge in [0.1, 0.15) is 0 Å². The van der Waals surface area contributed by atoms with Crippen molar-refractivity contribution in [3.63, 3.8) is 0 Å². The van der Waals surface area contributed by atoms with Crippen molar-refractivity contribution in [1.29, 1.82) is 0 Å². The molecule has 1 heterocycles. The summed E-state index contributed by atoms with van der Waals surface area (Å²) in [7, 11) is 0. The zero-order chi connectivity index (χ0) is 12.5. The molecule has 0 spiro atoms. The van der Waals surface area contributed by atoms with Gasteiger partial charge in [-0.15, -0.1) is 0 Å². The van der Waals surface area contributed by atoms with Crippen molar-refractivity contribution >= 4 is 17.7 Å². The topological polar surface area (TPSA) is 44.4 Å². The van der Waals surface area contributed by atoms with Gasteiger partial charge in [0, 0.05) is 50.1 Å². The SMILES string of the molecule is CCNCC(C)C(=O)NCCN1CCSCC1. The molecule has 1 aliphatic heterocycles. The van der Waals surface area contributed by atoms with E-state index in [1.54, 1.807) is 0 Å². The van der Waals surface area contributed by atoms with E-state index in [1.807, 2.05) is 18.7 Å². The van der Waals surface area contributed by atoms with E-state index in [-0.39, 0.29) is 11.8 Å². The van der Waals surface area contributed by atoms with E-state index in [0.717, 1.165) is 39.3 Å². The molecule has 0 aromatic rings. The van der Waals surface area contributed by atoms with Crippen LogP contribution in [0.5, 0.6) is 0 Å². The Morgan fingerprint density at radius 2 is 2.12 bits per heavy atom. The maximum atomic E-state index is 11.7. The van der Waals surface area contributed by atoms with Crippen LogP contribution in [-0.2, 0) is 4.79 Å². The number of rotatable bonds is 7. The Morgan fingerprint density at radius 1 is 1.41 bits per heavy atom. The van der Waals surface area contributed by atoms with Crippen LogP contribution >= 0.6 is 11.8 Å². The van der Waals surface area contributed by atoms with Crippen molar-refractivity contribution in [3.05, 3.63) is 0 Å². The second-order valence-corrected chi connectivity index (χ2v) is 5.68. The summed E-state index contributed by atoms with van der Waals surface area (Å²) < 4.78 is 0. The number of thioether (sulfide) groups is 1. The number of amides is 1. The first-order chi connectivity index (χ1) is 8.24. The number of carbonyl (C=O) groups is 1. The lowest BCUT2D eigenvalue weighted by Gasteiger charge is -2.26. The lowest BCUT2D eigenvalue weighted by atomic mass is 10.1. The van der Waals surface area contributed by atoms with Crippen molar-refractivity contribution in [2.24, 2.45) is 5.92 Å². The fraction of sp³-hybridized carbons (Fsp3) is 0.917. The third-order valence-corrected chi connectivity index (χ3v) is 3.92. The molecule has 1 atom stereocenters. The molecule has 0 bridgehead atoms. The molecular weight excluding hydrogens is 234 g/mol. The van der Waals surface area contributed by atoms with Crippen molar-refractivity contribution in [3.8, 4) is 0 Å². The zero-order valence-corrected chi connectivity index (χ0v) is 11.8. The average Bonchev–Trinajstić information content (AvgIpc) is 2.37. The minimum absolute atomic E-state index is 0.0619. The molecule has 5 heteroatoms. The van der Waals surface area contributed by atoms with Crippen LogP contribution < -0.4 is 10.6 Å². The molecule has 0 aromatic carbocycles. The van der Waals surface area contributed by atoms with Crippen molar-refractivity contribution in [2.45, 2.75) is 13.8 Å². The van der Waals surface area contributed by atoms with Crippen LogP contribution in [0.2, 0.25) is 0 Å². The Kier molecular flexibility index (Phi) is 7.64. The van der Waals surface area contributed by atoms with Gasteiger partial charge in [-0.25, -0.2) is 0 Å². The van der Waals surface area contributed by atoms with E-state index in [0.29, 0.717) is 0 Å². The third-order valence-electron chi connectivity index (χ3n) is 2.98. The maximum Gasteiger partial charge on any atom is 0.224 e. The molecule has 0 radical (unpaired) electrons. The van der Waals surface area contributed by atoms with E-state index in [2.05, 4.69) is 22.5 Å². The van der Waals surface area contributed by atoms with Gasteiger partial charge in [-0.1, -0.05) is 13.8 Å². The summed E-state index contributed by atoms with van der Waals surface area (Å²) in [6.07, 6.45) is 0. The standard InChI is InChI=1S/C12H25N3OS/c1-3-13-10-11(2)12(16)14-4-5-15-6-8-17-9-7-15/h11,13H,3-10H2,1-2H3,(H,14,16). The highest BCUT2D eigenvalue weighted by atomic mass is 32.2. The molecule has 4 nitrogen and oxygen atoms in total. The highest BCUT2D eigenvalue weighted by molar-refractivity contribution is 7.99. The number of hydrogen-bond acceptors (Lipinski definition) is 4. The molecule has 1 fully saturated rings. The molecule has 0 aliphatic carbocycles. The van der Waals surface area contributed by atoms with Crippen LogP contribution in [0.15, 0.2) is 0 Å². The second-order valence-electron chi connectivity index (χ2n) is 4.45. The van der Waals surface area contributed by atoms with Crippen molar-refractivity contribution in [2.75, 3.05) is 50.8 Å². The minimum Gasteiger partial charge on any atom is -0.355 e. The van der Waals surface area contributed by atoms with Gasteiger partial charge in [0.15, 0.2) is 0 Å². The minimum atomic E-state index is 0.0619. The van der Waals surface area contributed by atoms with E-state index < -0.39 is 0 Å². The van der Waals surface area contributed by atoms with Crippen LogP contribution in [0.4, 0.5) is 0 Å². The molecule has 1 amide bonds. The average molecular weight is 259 g/mol. The van der Waals surface area contributed by atoms with E-state index in [1.165, 1.54) is 11.5 Å². The first-order valence-corrected chi connectivity index (χ1v) is 7.68. The zero-order valence-electron chi connectivity index (χ0n) is 11.0.